The summed E-state index contributed by atoms with van der Waals surface area (Å²) in [4.78, 5) is 24.5. The molecule has 10 heteroatoms. The highest BCUT2D eigenvalue weighted by Gasteiger charge is 2.33. The van der Waals surface area contributed by atoms with Gasteiger partial charge in [-0.2, -0.15) is 4.31 Å². The van der Waals surface area contributed by atoms with Gasteiger partial charge in [0.1, 0.15) is 11.5 Å². The van der Waals surface area contributed by atoms with Crippen LogP contribution in [0.3, 0.4) is 0 Å². The molecular formula is C23H27N3O6S. The van der Waals surface area contributed by atoms with Crippen molar-refractivity contribution >= 4 is 27.5 Å². The first-order valence-corrected chi connectivity index (χ1v) is 12.2. The molecule has 9 nitrogen and oxygen atoms in total. The van der Waals surface area contributed by atoms with Crippen molar-refractivity contribution in [3.63, 3.8) is 0 Å². The van der Waals surface area contributed by atoms with Gasteiger partial charge in [-0.05, 0) is 55.7 Å². The van der Waals surface area contributed by atoms with Crippen molar-refractivity contribution in [3.8, 4) is 11.5 Å². The smallest absolute Gasteiger partial charge is 0.265 e. The Bertz CT molecular complexity index is 1160. The molecule has 176 valence electrons. The van der Waals surface area contributed by atoms with E-state index in [2.05, 4.69) is 10.6 Å². The van der Waals surface area contributed by atoms with E-state index in [1.165, 1.54) is 16.4 Å². The quantitative estimate of drug-likeness (QED) is 0.665. The summed E-state index contributed by atoms with van der Waals surface area (Å²) in [5.41, 5.74) is 1.27. The third-order valence-electron chi connectivity index (χ3n) is 5.95. The molecule has 1 fully saturated rings. The molecule has 0 saturated carbocycles. The third kappa shape index (κ3) is 4.96. The monoisotopic (exact) mass is 473 g/mol. The van der Waals surface area contributed by atoms with Gasteiger partial charge in [0.15, 0.2) is 6.10 Å². The molecule has 0 radical (unpaired) electrons. The lowest BCUT2D eigenvalue weighted by Gasteiger charge is -2.31. The Balaban J connectivity index is 1.35. The van der Waals surface area contributed by atoms with Gasteiger partial charge in [0.05, 0.1) is 17.7 Å². The second-order valence-corrected chi connectivity index (χ2v) is 10.1. The zero-order valence-corrected chi connectivity index (χ0v) is 19.4. The van der Waals surface area contributed by atoms with Gasteiger partial charge in [0.25, 0.3) is 5.91 Å². The molecule has 4 rings (SSSR count). The molecule has 1 saturated heterocycles. The lowest BCUT2D eigenvalue weighted by molar-refractivity contribution is -0.126. The van der Waals surface area contributed by atoms with Gasteiger partial charge in [0.2, 0.25) is 15.9 Å². The van der Waals surface area contributed by atoms with Crippen LogP contribution < -0.4 is 20.1 Å². The summed E-state index contributed by atoms with van der Waals surface area (Å²) in [5, 5.41) is 5.60. The van der Waals surface area contributed by atoms with Gasteiger partial charge in [-0.1, -0.05) is 12.1 Å². The number of piperidine rings is 1. The molecule has 0 spiro atoms. The van der Waals surface area contributed by atoms with Gasteiger partial charge >= 0.3 is 0 Å². The van der Waals surface area contributed by atoms with Gasteiger partial charge < -0.3 is 20.1 Å². The van der Waals surface area contributed by atoms with E-state index in [0.717, 1.165) is 11.3 Å². The van der Waals surface area contributed by atoms with Crippen molar-refractivity contribution in [1.29, 1.82) is 0 Å². The van der Waals surface area contributed by atoms with Crippen LogP contribution in [0.15, 0.2) is 47.4 Å². The summed E-state index contributed by atoms with van der Waals surface area (Å²) in [6.45, 7) is 2.50. The van der Waals surface area contributed by atoms with Crippen molar-refractivity contribution in [1.82, 2.24) is 9.62 Å². The Morgan fingerprint density at radius 2 is 1.97 bits per heavy atom. The number of nitrogens with one attached hydrogen (secondary N) is 2. The standard InChI is InChI=1S/C23H27N3O6S/c1-15-22(27)25-20-13-19(6-7-21(20)32-15)33(29,30)26-10-8-17(9-11-26)23(28)24-14-16-4-3-5-18(12-16)31-2/h3-7,12-13,15,17H,8-11,14H2,1-2H3,(H,24,28)(H,25,27)/t15-/m1/s1. The van der Waals surface area contributed by atoms with Crippen LogP contribution in [-0.4, -0.2) is 50.8 Å². The highest BCUT2D eigenvalue weighted by molar-refractivity contribution is 7.89. The number of ether oxygens (including phenoxy) is 2. The fraction of sp³-hybridized carbons (Fsp3) is 0.391. The highest BCUT2D eigenvalue weighted by Crippen LogP contribution is 2.33. The van der Waals surface area contributed by atoms with Crippen LogP contribution >= 0.6 is 0 Å². The molecular weight excluding hydrogens is 446 g/mol. The number of rotatable bonds is 6. The average Bonchev–Trinajstić information content (AvgIpc) is 2.83. The number of benzene rings is 2. The van der Waals surface area contributed by atoms with Crippen molar-refractivity contribution in [3.05, 3.63) is 48.0 Å². The Labute approximate surface area is 193 Å². The van der Waals surface area contributed by atoms with E-state index in [9.17, 15) is 18.0 Å². The first-order valence-electron chi connectivity index (χ1n) is 10.8. The minimum absolute atomic E-state index is 0.0839. The van der Waals surface area contributed by atoms with Crippen LogP contribution in [0.2, 0.25) is 0 Å². The summed E-state index contributed by atoms with van der Waals surface area (Å²) in [7, 11) is -2.17. The lowest BCUT2D eigenvalue weighted by Crippen LogP contribution is -2.43. The number of anilines is 1. The second kappa shape index (κ2) is 9.40. The molecule has 2 aliphatic heterocycles. The van der Waals surface area contributed by atoms with Crippen LogP contribution in [-0.2, 0) is 26.2 Å². The first-order chi connectivity index (χ1) is 15.8. The van der Waals surface area contributed by atoms with Crippen LogP contribution in [0.1, 0.15) is 25.3 Å². The molecule has 0 aliphatic carbocycles. The fourth-order valence-corrected chi connectivity index (χ4v) is 5.47. The number of carbonyl (C=O) groups excluding carboxylic acids is 2. The molecule has 0 aromatic heterocycles. The molecule has 2 amide bonds. The second-order valence-electron chi connectivity index (χ2n) is 8.15. The van der Waals surface area contributed by atoms with Gasteiger partial charge in [-0.25, -0.2) is 8.42 Å². The van der Waals surface area contributed by atoms with E-state index in [0.29, 0.717) is 30.8 Å². The van der Waals surface area contributed by atoms with Crippen LogP contribution in [0.4, 0.5) is 5.69 Å². The van der Waals surface area contributed by atoms with Gasteiger partial charge in [-0.3, -0.25) is 9.59 Å². The number of nitrogens with zero attached hydrogens (tertiary/aromatic N) is 1. The zero-order chi connectivity index (χ0) is 23.6. The predicted molar refractivity (Wildman–Crippen MR) is 121 cm³/mol. The van der Waals surface area contributed by atoms with E-state index in [-0.39, 0.29) is 35.7 Å². The number of fused-ring (bicyclic) bond motifs is 1. The summed E-state index contributed by atoms with van der Waals surface area (Å²) in [6, 6.07) is 11.9. The Morgan fingerprint density at radius 3 is 2.70 bits per heavy atom. The maximum atomic E-state index is 13.1. The number of methoxy groups -OCH3 is 1. The Hall–Kier alpha value is -3.11. The topological polar surface area (TPSA) is 114 Å². The molecule has 0 unspecified atom stereocenters. The Kier molecular flexibility index (Phi) is 6.57. The number of amides is 2. The average molecular weight is 474 g/mol. The minimum atomic E-state index is -3.76. The van der Waals surface area contributed by atoms with Crippen LogP contribution in [0, 0.1) is 5.92 Å². The molecule has 2 aromatic carbocycles. The van der Waals surface area contributed by atoms with Crippen LogP contribution in [0.25, 0.3) is 0 Å². The lowest BCUT2D eigenvalue weighted by atomic mass is 9.97. The minimum Gasteiger partial charge on any atom is -0.497 e. The highest BCUT2D eigenvalue weighted by atomic mass is 32.2. The zero-order valence-electron chi connectivity index (χ0n) is 18.5. The predicted octanol–water partition coefficient (Wildman–Crippen LogP) is 2.13. The molecule has 2 heterocycles. The number of carbonyl (C=O) groups is 2. The number of sulfonamides is 1. The summed E-state index contributed by atoms with van der Waals surface area (Å²) < 4.78 is 38.3. The summed E-state index contributed by atoms with van der Waals surface area (Å²) in [5.74, 6) is 0.505. The number of hydrogen-bond acceptors (Lipinski definition) is 6. The fourth-order valence-electron chi connectivity index (χ4n) is 3.97. The van der Waals surface area contributed by atoms with Gasteiger partial charge in [-0.15, -0.1) is 0 Å². The molecule has 2 aliphatic rings. The van der Waals surface area contributed by atoms with Crippen molar-refractivity contribution in [2.24, 2.45) is 5.92 Å². The molecule has 2 N–H and O–H groups in total. The normalized spacial score (nSPS) is 19.2. The van der Waals surface area contributed by atoms with Crippen molar-refractivity contribution < 1.29 is 27.5 Å². The maximum Gasteiger partial charge on any atom is 0.265 e. The van der Waals surface area contributed by atoms with E-state index in [4.69, 9.17) is 9.47 Å². The summed E-state index contributed by atoms with van der Waals surface area (Å²) >= 11 is 0. The van der Waals surface area contributed by atoms with E-state index < -0.39 is 16.1 Å². The van der Waals surface area contributed by atoms with E-state index in [1.54, 1.807) is 20.1 Å². The summed E-state index contributed by atoms with van der Waals surface area (Å²) in [6.07, 6.45) is 0.241. The SMILES string of the molecule is COc1cccc(CNC(=O)C2CCN(S(=O)(=O)c3ccc4c(c3)NC(=O)[C@@H](C)O4)CC2)c1. The Morgan fingerprint density at radius 1 is 1.21 bits per heavy atom. The first kappa shape index (κ1) is 23.1. The van der Waals surface area contributed by atoms with Crippen molar-refractivity contribution in [2.45, 2.75) is 37.3 Å². The van der Waals surface area contributed by atoms with Crippen molar-refractivity contribution in [2.75, 3.05) is 25.5 Å². The van der Waals surface area contributed by atoms with Gasteiger partial charge in [0, 0.05) is 25.6 Å². The molecule has 2 aromatic rings. The molecule has 0 bridgehead atoms. The molecule has 33 heavy (non-hydrogen) atoms. The largest absolute Gasteiger partial charge is 0.497 e. The molecule has 1 atom stereocenters. The third-order valence-corrected chi connectivity index (χ3v) is 7.84. The van der Waals surface area contributed by atoms with E-state index >= 15 is 0 Å². The van der Waals surface area contributed by atoms with Crippen LogP contribution in [0.5, 0.6) is 11.5 Å². The van der Waals surface area contributed by atoms with E-state index in [1.807, 2.05) is 24.3 Å². The number of hydrogen-bond donors (Lipinski definition) is 2. The maximum absolute atomic E-state index is 13.1.